The van der Waals surface area contributed by atoms with Crippen LogP contribution in [0.1, 0.15) is 51.0 Å². The van der Waals surface area contributed by atoms with Crippen LogP contribution in [0.3, 0.4) is 0 Å². The summed E-state index contributed by atoms with van der Waals surface area (Å²) in [5.74, 6) is 6.48. The van der Waals surface area contributed by atoms with Crippen molar-refractivity contribution >= 4 is 8.32 Å². The number of ether oxygens (including phenoxy) is 2. The highest BCUT2D eigenvalue weighted by molar-refractivity contribution is 6.74. The molecule has 0 unspecified atom stereocenters. The van der Waals surface area contributed by atoms with Crippen LogP contribution in [0.25, 0.3) is 0 Å². The van der Waals surface area contributed by atoms with Crippen LogP contribution >= 0.6 is 0 Å². The lowest BCUT2D eigenvalue weighted by molar-refractivity contribution is -0.106. The third kappa shape index (κ3) is 6.07. The van der Waals surface area contributed by atoms with Crippen LogP contribution in [0.4, 0.5) is 0 Å². The van der Waals surface area contributed by atoms with Crippen LogP contribution < -0.4 is 0 Å². The maximum absolute atomic E-state index is 6.17. The van der Waals surface area contributed by atoms with Crippen molar-refractivity contribution in [1.82, 2.24) is 0 Å². The van der Waals surface area contributed by atoms with E-state index in [1.807, 2.05) is 24.3 Å². The first-order chi connectivity index (χ1) is 11.2. The molecule has 1 aromatic rings. The summed E-state index contributed by atoms with van der Waals surface area (Å²) < 4.78 is 16.8. The highest BCUT2D eigenvalue weighted by Crippen LogP contribution is 2.36. The minimum Gasteiger partial charge on any atom is -0.417 e. The van der Waals surface area contributed by atoms with Gasteiger partial charge in [0.15, 0.2) is 14.6 Å². The van der Waals surface area contributed by atoms with Gasteiger partial charge in [0.2, 0.25) is 0 Å². The summed E-state index contributed by atoms with van der Waals surface area (Å²) in [6.07, 6.45) is 1.41. The van der Waals surface area contributed by atoms with Gasteiger partial charge in [0.05, 0.1) is 0 Å². The van der Waals surface area contributed by atoms with E-state index in [9.17, 15) is 0 Å². The molecule has 0 aromatic heterocycles. The Kier molecular flexibility index (Phi) is 8.18. The molecule has 0 heterocycles. The van der Waals surface area contributed by atoms with Gasteiger partial charge in [0, 0.05) is 38.4 Å². The summed E-state index contributed by atoms with van der Waals surface area (Å²) >= 11 is 0. The summed E-state index contributed by atoms with van der Waals surface area (Å²) in [5.41, 5.74) is 1.92. The highest BCUT2D eigenvalue weighted by Gasteiger charge is 2.36. The molecule has 3 nitrogen and oxygen atoms in total. The first kappa shape index (κ1) is 20.9. The Labute approximate surface area is 148 Å². The van der Waals surface area contributed by atoms with Gasteiger partial charge in [0.25, 0.3) is 0 Å². The van der Waals surface area contributed by atoms with Crippen molar-refractivity contribution in [2.24, 2.45) is 0 Å². The average Bonchev–Trinajstić information content (AvgIpc) is 2.52. The smallest absolute Gasteiger partial charge is 0.191 e. The Morgan fingerprint density at radius 1 is 1.08 bits per heavy atom. The normalized spacial score (nSPS) is 12.2. The second kappa shape index (κ2) is 9.38. The zero-order chi connectivity index (χ0) is 18.2. The van der Waals surface area contributed by atoms with Crippen LogP contribution in [0.2, 0.25) is 18.1 Å². The van der Waals surface area contributed by atoms with Gasteiger partial charge in [-0.2, -0.15) is 0 Å². The lowest BCUT2D eigenvalue weighted by Gasteiger charge is -2.36. The molecular formula is C20H32O3Si. The zero-order valence-electron chi connectivity index (χ0n) is 16.2. The van der Waals surface area contributed by atoms with Gasteiger partial charge >= 0.3 is 0 Å². The first-order valence-electron chi connectivity index (χ1n) is 8.50. The Morgan fingerprint density at radius 3 is 2.29 bits per heavy atom. The molecule has 0 amide bonds. The Balaban J connectivity index is 2.57. The second-order valence-corrected chi connectivity index (χ2v) is 12.2. The molecule has 24 heavy (non-hydrogen) atoms. The summed E-state index contributed by atoms with van der Waals surface area (Å²) in [6, 6.07) is 7.94. The molecule has 0 saturated carbocycles. The van der Waals surface area contributed by atoms with Crippen molar-refractivity contribution in [3.8, 4) is 11.8 Å². The van der Waals surface area contributed by atoms with Gasteiger partial charge in [-0.1, -0.05) is 50.8 Å². The quantitative estimate of drug-likeness (QED) is 0.296. The molecule has 0 aliphatic heterocycles. The van der Waals surface area contributed by atoms with Crippen molar-refractivity contribution in [2.75, 3.05) is 20.8 Å². The summed E-state index contributed by atoms with van der Waals surface area (Å²) in [5, 5.41) is 0.257. The molecule has 4 heteroatoms. The monoisotopic (exact) mass is 348 g/mol. The highest BCUT2D eigenvalue weighted by atomic mass is 28.4. The molecule has 1 rings (SSSR count). The first-order valence-corrected chi connectivity index (χ1v) is 11.4. The molecule has 134 valence electrons. The third-order valence-corrected chi connectivity index (χ3v) is 9.12. The van der Waals surface area contributed by atoms with Crippen molar-refractivity contribution in [2.45, 2.75) is 58.0 Å². The number of unbranched alkanes of at least 4 members (excludes halogenated alkanes) is 1. The van der Waals surface area contributed by atoms with Crippen LogP contribution in [-0.4, -0.2) is 29.1 Å². The van der Waals surface area contributed by atoms with Gasteiger partial charge in [-0.3, -0.25) is 0 Å². The number of rotatable bonds is 7. The van der Waals surface area contributed by atoms with Gasteiger partial charge in [-0.05, 0) is 30.6 Å². The van der Waals surface area contributed by atoms with E-state index in [-0.39, 0.29) is 11.3 Å². The molecule has 0 aliphatic carbocycles. The Bertz CT molecular complexity index is 560. The predicted molar refractivity (Wildman–Crippen MR) is 102 cm³/mol. The van der Waals surface area contributed by atoms with Crippen molar-refractivity contribution < 1.29 is 13.9 Å². The van der Waals surface area contributed by atoms with Crippen LogP contribution in [0.5, 0.6) is 0 Å². The molecule has 0 atom stereocenters. The molecule has 0 saturated heterocycles. The maximum Gasteiger partial charge on any atom is 0.191 e. The molecule has 0 radical (unpaired) electrons. The number of benzene rings is 1. The van der Waals surface area contributed by atoms with Crippen LogP contribution in [0, 0.1) is 11.8 Å². The molecular weight excluding hydrogens is 316 g/mol. The minimum absolute atomic E-state index is 0.257. The van der Waals surface area contributed by atoms with Crippen LogP contribution in [0.15, 0.2) is 24.3 Å². The summed E-state index contributed by atoms with van der Waals surface area (Å²) in [6.45, 7) is 12.1. The van der Waals surface area contributed by atoms with Crippen molar-refractivity contribution in [3.05, 3.63) is 35.4 Å². The predicted octanol–water partition coefficient (Wildman–Crippen LogP) is 5.13. The number of hydrogen-bond acceptors (Lipinski definition) is 3. The maximum atomic E-state index is 6.17. The fraction of sp³-hybridized carbons (Fsp3) is 0.600. The Morgan fingerprint density at radius 2 is 1.71 bits per heavy atom. The fourth-order valence-electron chi connectivity index (χ4n) is 2.03. The summed E-state index contributed by atoms with van der Waals surface area (Å²) in [7, 11) is 1.63. The van der Waals surface area contributed by atoms with Crippen molar-refractivity contribution in [3.63, 3.8) is 0 Å². The van der Waals surface area contributed by atoms with Gasteiger partial charge < -0.3 is 13.9 Å². The van der Waals surface area contributed by atoms with Gasteiger partial charge in [0.1, 0.15) is 0 Å². The lowest BCUT2D eigenvalue weighted by Crippen LogP contribution is -2.40. The van der Waals surface area contributed by atoms with E-state index in [4.69, 9.17) is 13.9 Å². The van der Waals surface area contributed by atoms with Crippen molar-refractivity contribution in [1.29, 1.82) is 0 Å². The molecule has 0 aliphatic rings. The third-order valence-electron chi connectivity index (χ3n) is 4.58. The van der Waals surface area contributed by atoms with E-state index in [2.05, 4.69) is 45.7 Å². The SMILES string of the molecule is COC(OC)c1ccccc1C#CCCCO[Si](C)(C)C(C)(C)C. The average molecular weight is 349 g/mol. The van der Waals surface area contributed by atoms with E-state index in [1.54, 1.807) is 14.2 Å². The van der Waals surface area contributed by atoms with Gasteiger partial charge in [-0.25, -0.2) is 0 Å². The molecule has 0 bridgehead atoms. The zero-order valence-corrected chi connectivity index (χ0v) is 17.2. The van der Waals surface area contributed by atoms with Crippen LogP contribution in [-0.2, 0) is 13.9 Å². The molecule has 0 fully saturated rings. The standard InChI is InChI=1S/C20H32O3Si/c1-20(2,3)24(6,7)23-16-12-8-9-13-17-14-10-11-15-18(17)19(21-4)22-5/h10-11,14-15,19H,8,12,16H2,1-7H3. The second-order valence-electron chi connectivity index (χ2n) is 7.40. The lowest BCUT2D eigenvalue weighted by atomic mass is 10.1. The molecule has 1 aromatic carbocycles. The Hall–Kier alpha value is -1.12. The topological polar surface area (TPSA) is 27.7 Å². The van der Waals surface area contributed by atoms with E-state index in [0.29, 0.717) is 0 Å². The van der Waals surface area contributed by atoms with E-state index in [0.717, 1.165) is 30.6 Å². The van der Waals surface area contributed by atoms with E-state index in [1.165, 1.54) is 0 Å². The summed E-state index contributed by atoms with van der Waals surface area (Å²) in [4.78, 5) is 0. The van der Waals surface area contributed by atoms with E-state index >= 15 is 0 Å². The molecule has 0 N–H and O–H groups in total. The fourth-order valence-corrected chi connectivity index (χ4v) is 3.12. The minimum atomic E-state index is -1.64. The molecule has 0 spiro atoms. The van der Waals surface area contributed by atoms with Gasteiger partial charge in [-0.15, -0.1) is 0 Å². The number of methoxy groups -OCH3 is 2. The van der Waals surface area contributed by atoms with E-state index < -0.39 is 8.32 Å². The largest absolute Gasteiger partial charge is 0.417 e. The number of hydrogen-bond donors (Lipinski definition) is 0.